The molecule has 3 N–H and O–H groups in total. The first-order valence-electron chi connectivity index (χ1n) is 11.6. The molecule has 1 aliphatic heterocycles. The number of nitrogens with zero attached hydrogens (tertiary/aromatic N) is 2. The molecular weight excluding hydrogens is 433 g/mol. The van der Waals surface area contributed by atoms with Gasteiger partial charge in [-0.1, -0.05) is 6.07 Å². The number of carbonyl (C=O) groups excluding carboxylic acids is 1. The average Bonchev–Trinajstić information content (AvgIpc) is 3.76. The lowest BCUT2D eigenvalue weighted by molar-refractivity contribution is 0.0944. The van der Waals surface area contributed by atoms with Gasteiger partial charge in [-0.25, -0.2) is 9.37 Å². The molecule has 2 fully saturated rings. The lowest BCUT2D eigenvalue weighted by Gasteiger charge is -2.16. The monoisotopic (exact) mass is 455 g/mol. The van der Waals surface area contributed by atoms with Crippen LogP contribution in [0.25, 0.3) is 22.3 Å². The second-order valence-corrected chi connectivity index (χ2v) is 9.32. The molecule has 0 bridgehead atoms. The van der Waals surface area contributed by atoms with Crippen LogP contribution in [0.2, 0.25) is 0 Å². The molecule has 0 radical (unpaired) electrons. The molecule has 3 aliphatic rings. The Hall–Kier alpha value is -3.94. The first-order chi connectivity index (χ1) is 16.6. The fourth-order valence-electron chi connectivity index (χ4n) is 4.78. The number of aromatic amines is 1. The van der Waals surface area contributed by atoms with Gasteiger partial charge in [-0.3, -0.25) is 9.78 Å². The summed E-state index contributed by atoms with van der Waals surface area (Å²) in [6.45, 7) is 1.72. The fourth-order valence-corrected chi connectivity index (χ4v) is 4.78. The van der Waals surface area contributed by atoms with Crippen LogP contribution in [0, 0.1) is 12.7 Å². The van der Waals surface area contributed by atoms with Crippen LogP contribution in [0.1, 0.15) is 46.8 Å². The molecule has 0 unspecified atom stereocenters. The molecule has 4 aromatic rings. The van der Waals surface area contributed by atoms with Gasteiger partial charge in [-0.05, 0) is 50.5 Å². The van der Waals surface area contributed by atoms with Gasteiger partial charge in [0.05, 0.1) is 22.5 Å². The van der Waals surface area contributed by atoms with Gasteiger partial charge in [0, 0.05) is 46.7 Å². The standard InChI is InChI=1S/C26H22FN5O2/c1-12-16(27)3-2-4-17(12)29-25-21-23(15-11-19(15)30-26(21)33)32-24(25)14-9-10-28-18-7-8-20(31-22(14)18)34-13-5-6-13/h2-4,7-10,13,15,19,29,32H,5-6,11H2,1H3,(H,30,33)/t15-,19+/m0/s1. The number of ether oxygens (including phenoxy) is 1. The summed E-state index contributed by atoms with van der Waals surface area (Å²) >= 11 is 0. The number of anilines is 2. The molecule has 170 valence electrons. The van der Waals surface area contributed by atoms with E-state index in [4.69, 9.17) is 9.72 Å². The van der Waals surface area contributed by atoms with Crippen molar-refractivity contribution in [3.63, 3.8) is 0 Å². The highest BCUT2D eigenvalue weighted by Crippen LogP contribution is 2.50. The van der Waals surface area contributed by atoms with Crippen molar-refractivity contribution >= 4 is 28.3 Å². The van der Waals surface area contributed by atoms with Crippen LogP contribution >= 0.6 is 0 Å². The smallest absolute Gasteiger partial charge is 0.255 e. The van der Waals surface area contributed by atoms with Gasteiger partial charge in [0.25, 0.3) is 5.91 Å². The number of nitrogens with one attached hydrogen (secondary N) is 3. The van der Waals surface area contributed by atoms with Crippen LogP contribution in [0.3, 0.4) is 0 Å². The highest BCUT2D eigenvalue weighted by molar-refractivity contribution is 6.09. The summed E-state index contributed by atoms with van der Waals surface area (Å²) in [5.41, 5.74) is 6.17. The number of aromatic nitrogens is 3. The molecular formula is C26H22FN5O2. The van der Waals surface area contributed by atoms with Crippen molar-refractivity contribution in [1.82, 2.24) is 20.3 Å². The Kier molecular flexibility index (Phi) is 4.04. The normalized spacial score (nSPS) is 20.5. The number of halogens is 1. The molecule has 34 heavy (non-hydrogen) atoms. The summed E-state index contributed by atoms with van der Waals surface area (Å²) in [5.74, 6) is 0.388. The number of fused-ring (bicyclic) bond motifs is 4. The van der Waals surface area contributed by atoms with E-state index in [0.717, 1.165) is 41.7 Å². The third-order valence-electron chi connectivity index (χ3n) is 6.90. The van der Waals surface area contributed by atoms with Gasteiger partial charge in [-0.15, -0.1) is 0 Å². The van der Waals surface area contributed by atoms with Gasteiger partial charge < -0.3 is 20.4 Å². The molecule has 2 saturated carbocycles. The number of rotatable bonds is 5. The Labute approximate surface area is 194 Å². The number of H-pyrrole nitrogens is 1. The van der Waals surface area contributed by atoms with E-state index in [9.17, 15) is 9.18 Å². The summed E-state index contributed by atoms with van der Waals surface area (Å²) in [6.07, 6.45) is 4.96. The van der Waals surface area contributed by atoms with Crippen LogP contribution in [-0.2, 0) is 0 Å². The van der Waals surface area contributed by atoms with Crippen molar-refractivity contribution in [2.75, 3.05) is 5.32 Å². The molecule has 1 amide bonds. The Bertz CT molecular complexity index is 1490. The summed E-state index contributed by atoms with van der Waals surface area (Å²) < 4.78 is 20.2. The molecule has 1 aromatic carbocycles. The summed E-state index contributed by atoms with van der Waals surface area (Å²) in [7, 11) is 0. The van der Waals surface area contributed by atoms with E-state index in [1.807, 2.05) is 24.3 Å². The lowest BCUT2D eigenvalue weighted by Crippen LogP contribution is -2.31. The van der Waals surface area contributed by atoms with Crippen molar-refractivity contribution in [3.8, 4) is 17.1 Å². The predicted octanol–water partition coefficient (Wildman–Crippen LogP) is 4.96. The molecule has 3 aromatic heterocycles. The van der Waals surface area contributed by atoms with Crippen LogP contribution in [0.15, 0.2) is 42.6 Å². The minimum atomic E-state index is -0.305. The first-order valence-corrected chi connectivity index (χ1v) is 11.6. The van der Waals surface area contributed by atoms with Gasteiger partial charge in [0.1, 0.15) is 17.4 Å². The molecule has 0 saturated heterocycles. The number of hydrogen-bond acceptors (Lipinski definition) is 5. The zero-order chi connectivity index (χ0) is 23.0. The van der Waals surface area contributed by atoms with Crippen LogP contribution in [0.5, 0.6) is 5.88 Å². The SMILES string of the molecule is Cc1c(F)cccc1Nc1c(-c2ccnc3ccc(OC4CC4)nc23)[nH]c2c1C(=O)N[C@@H]1C[C@H]21. The maximum atomic E-state index is 14.3. The van der Waals surface area contributed by atoms with E-state index in [1.165, 1.54) is 6.07 Å². The van der Waals surface area contributed by atoms with Crippen molar-refractivity contribution in [1.29, 1.82) is 0 Å². The molecule has 4 heterocycles. The second kappa shape index (κ2) is 7.03. The van der Waals surface area contributed by atoms with E-state index < -0.39 is 0 Å². The highest BCUT2D eigenvalue weighted by Gasteiger charge is 2.48. The average molecular weight is 455 g/mol. The topological polar surface area (TPSA) is 91.9 Å². The van der Waals surface area contributed by atoms with Gasteiger partial charge >= 0.3 is 0 Å². The van der Waals surface area contributed by atoms with Crippen molar-refractivity contribution in [2.45, 2.75) is 44.2 Å². The third kappa shape index (κ3) is 3.05. The molecule has 2 atom stereocenters. The van der Waals surface area contributed by atoms with Crippen molar-refractivity contribution in [2.24, 2.45) is 0 Å². The minimum Gasteiger partial charge on any atom is -0.474 e. The van der Waals surface area contributed by atoms with E-state index in [-0.39, 0.29) is 29.8 Å². The molecule has 2 aliphatic carbocycles. The van der Waals surface area contributed by atoms with E-state index >= 15 is 0 Å². The lowest BCUT2D eigenvalue weighted by atomic mass is 10.0. The van der Waals surface area contributed by atoms with E-state index in [2.05, 4.69) is 20.6 Å². The van der Waals surface area contributed by atoms with E-state index in [0.29, 0.717) is 33.9 Å². The van der Waals surface area contributed by atoms with Gasteiger partial charge in [0.2, 0.25) is 5.88 Å². The third-order valence-corrected chi connectivity index (χ3v) is 6.90. The number of hydrogen-bond donors (Lipinski definition) is 3. The maximum Gasteiger partial charge on any atom is 0.255 e. The highest BCUT2D eigenvalue weighted by atomic mass is 19.1. The predicted molar refractivity (Wildman–Crippen MR) is 126 cm³/mol. The number of pyridine rings is 2. The summed E-state index contributed by atoms with van der Waals surface area (Å²) in [4.78, 5) is 25.9. The Morgan fingerprint density at radius 3 is 2.91 bits per heavy atom. The molecule has 7 nitrogen and oxygen atoms in total. The molecule has 7 rings (SSSR count). The number of carbonyl (C=O) groups is 1. The largest absolute Gasteiger partial charge is 0.474 e. The zero-order valence-corrected chi connectivity index (χ0v) is 18.5. The molecule has 0 spiro atoms. The maximum absolute atomic E-state index is 14.3. The Morgan fingerprint density at radius 1 is 1.18 bits per heavy atom. The number of benzene rings is 1. The number of amides is 1. The minimum absolute atomic E-state index is 0.128. The molecule has 8 heteroatoms. The second-order valence-electron chi connectivity index (χ2n) is 9.32. The Balaban J connectivity index is 1.43. The summed E-state index contributed by atoms with van der Waals surface area (Å²) in [5, 5.41) is 6.45. The summed E-state index contributed by atoms with van der Waals surface area (Å²) in [6, 6.07) is 10.7. The first kappa shape index (κ1) is 19.5. The van der Waals surface area contributed by atoms with Crippen molar-refractivity contribution < 1.29 is 13.9 Å². The van der Waals surface area contributed by atoms with Crippen LogP contribution in [-0.4, -0.2) is 33.0 Å². The zero-order valence-electron chi connectivity index (χ0n) is 18.5. The van der Waals surface area contributed by atoms with Crippen molar-refractivity contribution in [3.05, 3.63) is 65.2 Å². The van der Waals surface area contributed by atoms with Crippen LogP contribution < -0.4 is 15.4 Å². The van der Waals surface area contributed by atoms with Gasteiger partial charge in [0.15, 0.2) is 0 Å². The van der Waals surface area contributed by atoms with Crippen LogP contribution in [0.4, 0.5) is 15.8 Å². The fraction of sp³-hybridized carbons (Fsp3) is 0.269. The van der Waals surface area contributed by atoms with E-state index in [1.54, 1.807) is 19.2 Å². The van der Waals surface area contributed by atoms with Gasteiger partial charge in [-0.2, -0.15) is 0 Å². The Morgan fingerprint density at radius 2 is 2.06 bits per heavy atom. The quantitative estimate of drug-likeness (QED) is 0.396.